The van der Waals surface area contributed by atoms with Crippen LogP contribution < -0.4 is 5.73 Å². The van der Waals surface area contributed by atoms with Crippen molar-refractivity contribution in [2.45, 2.75) is 5.75 Å². The Morgan fingerprint density at radius 1 is 1.41 bits per heavy atom. The number of halogens is 1. The molecular formula is C9H11ClN2O4S. The van der Waals surface area contributed by atoms with E-state index in [-0.39, 0.29) is 28.8 Å². The van der Waals surface area contributed by atoms with Gasteiger partial charge in [0.15, 0.2) is 9.84 Å². The number of nitrogens with two attached hydrogens (primary N) is 1. The van der Waals surface area contributed by atoms with E-state index in [2.05, 4.69) is 0 Å². The van der Waals surface area contributed by atoms with E-state index in [9.17, 15) is 18.5 Å². The summed E-state index contributed by atoms with van der Waals surface area (Å²) < 4.78 is 23.0. The molecule has 94 valence electrons. The molecule has 2 N–H and O–H groups in total. The molecule has 8 heteroatoms. The second-order valence-electron chi connectivity index (χ2n) is 3.41. The molecule has 0 heterocycles. The van der Waals surface area contributed by atoms with Gasteiger partial charge in [0.1, 0.15) is 0 Å². The Labute approximate surface area is 103 Å². The van der Waals surface area contributed by atoms with Gasteiger partial charge >= 0.3 is 0 Å². The van der Waals surface area contributed by atoms with Crippen LogP contribution in [0.3, 0.4) is 0 Å². The smallest absolute Gasteiger partial charge is 0.270 e. The average Bonchev–Trinajstić information content (AvgIpc) is 2.20. The summed E-state index contributed by atoms with van der Waals surface area (Å²) in [6, 6.07) is 3.70. The average molecular weight is 279 g/mol. The molecule has 0 atom stereocenters. The van der Waals surface area contributed by atoms with Crippen LogP contribution in [0, 0.1) is 10.1 Å². The standard InChI is InChI=1S/C9H11ClN2O4S/c10-9-5-8(12(13)14)2-1-7(9)6-17(15,16)4-3-11/h1-2,5H,3-4,6,11H2. The highest BCUT2D eigenvalue weighted by molar-refractivity contribution is 7.90. The molecule has 0 aliphatic carbocycles. The third kappa shape index (κ3) is 3.95. The van der Waals surface area contributed by atoms with Crippen molar-refractivity contribution in [2.24, 2.45) is 5.73 Å². The molecule has 0 saturated heterocycles. The molecule has 1 rings (SSSR count). The summed E-state index contributed by atoms with van der Waals surface area (Å²) in [5.74, 6) is -0.401. The van der Waals surface area contributed by atoms with Crippen LogP contribution in [0.1, 0.15) is 5.56 Å². The zero-order valence-corrected chi connectivity index (χ0v) is 10.4. The molecule has 0 bridgehead atoms. The van der Waals surface area contributed by atoms with E-state index in [0.29, 0.717) is 5.56 Å². The Kier molecular flexibility index (Phi) is 4.44. The topological polar surface area (TPSA) is 103 Å². The molecule has 1 aromatic carbocycles. The van der Waals surface area contributed by atoms with E-state index in [1.165, 1.54) is 12.1 Å². The number of non-ortho nitro benzene ring substituents is 1. The lowest BCUT2D eigenvalue weighted by atomic mass is 10.2. The predicted molar refractivity (Wildman–Crippen MR) is 64.7 cm³/mol. The summed E-state index contributed by atoms with van der Waals surface area (Å²) in [6.07, 6.45) is 0. The molecule has 0 aromatic heterocycles. The lowest BCUT2D eigenvalue weighted by Crippen LogP contribution is -2.17. The first-order valence-corrected chi connectivity index (χ1v) is 6.89. The SMILES string of the molecule is NCCS(=O)(=O)Cc1ccc([N+](=O)[O-])cc1Cl. The van der Waals surface area contributed by atoms with Crippen LogP contribution in [-0.4, -0.2) is 25.6 Å². The predicted octanol–water partition coefficient (Wildman–Crippen LogP) is 1.12. The van der Waals surface area contributed by atoms with Crippen molar-refractivity contribution in [3.8, 4) is 0 Å². The second kappa shape index (κ2) is 5.44. The lowest BCUT2D eigenvalue weighted by Gasteiger charge is -2.05. The Morgan fingerprint density at radius 3 is 2.53 bits per heavy atom. The van der Waals surface area contributed by atoms with Gasteiger partial charge in [0.2, 0.25) is 0 Å². The maximum Gasteiger partial charge on any atom is 0.270 e. The van der Waals surface area contributed by atoms with E-state index in [1.807, 2.05) is 0 Å². The normalized spacial score (nSPS) is 11.4. The number of nitrogens with zero attached hydrogens (tertiary/aromatic N) is 1. The first-order valence-electron chi connectivity index (χ1n) is 4.69. The molecule has 0 fully saturated rings. The third-order valence-electron chi connectivity index (χ3n) is 2.05. The second-order valence-corrected chi connectivity index (χ2v) is 6.00. The largest absolute Gasteiger partial charge is 0.329 e. The molecule has 6 nitrogen and oxygen atoms in total. The fourth-order valence-electron chi connectivity index (χ4n) is 1.26. The molecule has 0 spiro atoms. The Morgan fingerprint density at radius 2 is 2.06 bits per heavy atom. The minimum absolute atomic E-state index is 0.0347. The summed E-state index contributed by atoms with van der Waals surface area (Å²) >= 11 is 5.78. The van der Waals surface area contributed by atoms with Crippen LogP contribution in [0.15, 0.2) is 18.2 Å². The molecule has 1 aromatic rings. The molecule has 0 amide bonds. The third-order valence-corrected chi connectivity index (χ3v) is 4.01. The first kappa shape index (κ1) is 13.9. The van der Waals surface area contributed by atoms with Crippen molar-refractivity contribution in [3.05, 3.63) is 38.9 Å². The van der Waals surface area contributed by atoms with Gasteiger partial charge in [0.05, 0.1) is 21.5 Å². The number of rotatable bonds is 5. The van der Waals surface area contributed by atoms with Gasteiger partial charge < -0.3 is 5.73 Å². The number of hydrogen-bond donors (Lipinski definition) is 1. The van der Waals surface area contributed by atoms with E-state index in [4.69, 9.17) is 17.3 Å². The summed E-state index contributed by atoms with van der Waals surface area (Å²) in [4.78, 5) is 9.87. The van der Waals surface area contributed by atoms with Gasteiger partial charge in [-0.05, 0) is 11.6 Å². The Bertz CT molecular complexity index is 530. The summed E-state index contributed by atoms with van der Waals surface area (Å²) in [6.45, 7) is 0.0347. The summed E-state index contributed by atoms with van der Waals surface area (Å²) in [7, 11) is -3.32. The number of nitro groups is 1. The van der Waals surface area contributed by atoms with Crippen molar-refractivity contribution in [3.63, 3.8) is 0 Å². The van der Waals surface area contributed by atoms with Crippen LogP contribution in [0.2, 0.25) is 5.02 Å². The van der Waals surface area contributed by atoms with Crippen molar-refractivity contribution in [1.29, 1.82) is 0 Å². The van der Waals surface area contributed by atoms with Gasteiger partial charge in [-0.2, -0.15) is 0 Å². The van der Waals surface area contributed by atoms with Gasteiger partial charge in [-0.1, -0.05) is 11.6 Å². The van der Waals surface area contributed by atoms with E-state index in [0.717, 1.165) is 6.07 Å². The summed E-state index contributed by atoms with van der Waals surface area (Å²) in [5, 5.41) is 10.5. The van der Waals surface area contributed by atoms with Gasteiger partial charge in [0, 0.05) is 18.7 Å². The highest BCUT2D eigenvalue weighted by Gasteiger charge is 2.15. The molecule has 0 unspecified atom stereocenters. The van der Waals surface area contributed by atoms with E-state index < -0.39 is 14.8 Å². The van der Waals surface area contributed by atoms with E-state index in [1.54, 1.807) is 0 Å². The van der Waals surface area contributed by atoms with Crippen LogP contribution in [0.4, 0.5) is 5.69 Å². The Balaban J connectivity index is 2.98. The minimum atomic E-state index is -3.32. The fourth-order valence-corrected chi connectivity index (χ4v) is 2.81. The number of nitro benzene ring substituents is 1. The summed E-state index contributed by atoms with van der Waals surface area (Å²) in [5.41, 5.74) is 5.34. The first-order chi connectivity index (χ1) is 7.85. The van der Waals surface area contributed by atoms with Gasteiger partial charge in [-0.25, -0.2) is 8.42 Å². The van der Waals surface area contributed by atoms with Crippen LogP contribution in [0.5, 0.6) is 0 Å². The van der Waals surface area contributed by atoms with Crippen molar-refractivity contribution < 1.29 is 13.3 Å². The maximum absolute atomic E-state index is 11.5. The van der Waals surface area contributed by atoms with Gasteiger partial charge in [0.25, 0.3) is 5.69 Å². The fraction of sp³-hybridized carbons (Fsp3) is 0.333. The molecular weight excluding hydrogens is 268 g/mol. The van der Waals surface area contributed by atoms with Gasteiger partial charge in [-0.3, -0.25) is 10.1 Å². The molecule has 0 saturated carbocycles. The quantitative estimate of drug-likeness (QED) is 0.642. The highest BCUT2D eigenvalue weighted by Crippen LogP contribution is 2.24. The zero-order chi connectivity index (χ0) is 13.1. The molecule has 0 aliphatic heterocycles. The van der Waals surface area contributed by atoms with Crippen LogP contribution >= 0.6 is 11.6 Å². The van der Waals surface area contributed by atoms with Crippen molar-refractivity contribution >= 4 is 27.1 Å². The molecule has 0 radical (unpaired) electrons. The lowest BCUT2D eigenvalue weighted by molar-refractivity contribution is -0.384. The number of benzene rings is 1. The highest BCUT2D eigenvalue weighted by atomic mass is 35.5. The van der Waals surface area contributed by atoms with Crippen LogP contribution in [0.25, 0.3) is 0 Å². The maximum atomic E-state index is 11.5. The minimum Gasteiger partial charge on any atom is -0.329 e. The van der Waals surface area contributed by atoms with Crippen molar-refractivity contribution in [1.82, 2.24) is 0 Å². The van der Waals surface area contributed by atoms with Crippen molar-refractivity contribution in [2.75, 3.05) is 12.3 Å². The molecule has 0 aliphatic rings. The number of hydrogen-bond acceptors (Lipinski definition) is 5. The molecule has 17 heavy (non-hydrogen) atoms. The van der Waals surface area contributed by atoms with Crippen LogP contribution in [-0.2, 0) is 15.6 Å². The Hall–Kier alpha value is -1.18. The zero-order valence-electron chi connectivity index (χ0n) is 8.80. The van der Waals surface area contributed by atoms with Gasteiger partial charge in [-0.15, -0.1) is 0 Å². The monoisotopic (exact) mass is 278 g/mol. The number of sulfone groups is 1. The van der Waals surface area contributed by atoms with E-state index >= 15 is 0 Å².